The predicted molar refractivity (Wildman–Crippen MR) is 206 cm³/mol. The van der Waals surface area contributed by atoms with Crippen molar-refractivity contribution in [2.45, 2.75) is 64.2 Å². The zero-order valence-corrected chi connectivity index (χ0v) is 28.8. The number of fused-ring (bicyclic) bond motifs is 4. The van der Waals surface area contributed by atoms with Crippen LogP contribution >= 0.6 is 0 Å². The summed E-state index contributed by atoms with van der Waals surface area (Å²) in [6.45, 7) is 4.57. The highest BCUT2D eigenvalue weighted by Crippen LogP contribution is 2.69. The molecule has 11 rings (SSSR count). The van der Waals surface area contributed by atoms with E-state index in [4.69, 9.17) is 0 Å². The molecule has 4 fully saturated rings. The molecule has 0 aromatic heterocycles. The second-order valence-electron chi connectivity index (χ2n) is 15.5. The summed E-state index contributed by atoms with van der Waals surface area (Å²) in [4.78, 5) is 2.55. The molecule has 4 saturated carbocycles. The van der Waals surface area contributed by atoms with E-state index < -0.39 is 0 Å². The van der Waals surface area contributed by atoms with Crippen LogP contribution in [0.25, 0.3) is 33.0 Å². The van der Waals surface area contributed by atoms with Crippen LogP contribution in [-0.4, -0.2) is 0 Å². The van der Waals surface area contributed by atoms with E-state index in [-0.39, 0.29) is 5.41 Å². The van der Waals surface area contributed by atoms with Crippen LogP contribution in [0.1, 0.15) is 68.2 Å². The number of rotatable bonds is 6. The first-order chi connectivity index (χ1) is 24.1. The monoisotopic (exact) mass is 635 g/mol. The van der Waals surface area contributed by atoms with E-state index in [1.165, 1.54) is 93.3 Å². The summed E-state index contributed by atoms with van der Waals surface area (Å²) in [7, 11) is 0. The maximum absolute atomic E-state index is 2.64. The third-order valence-electron chi connectivity index (χ3n) is 13.2. The van der Waals surface area contributed by atoms with Crippen molar-refractivity contribution in [3.8, 4) is 22.3 Å². The lowest BCUT2D eigenvalue weighted by Gasteiger charge is -2.61. The first-order valence-corrected chi connectivity index (χ1v) is 18.9. The number of hydrogen-bond donors (Lipinski definition) is 0. The van der Waals surface area contributed by atoms with Gasteiger partial charge in [0.15, 0.2) is 0 Å². The molecule has 5 aliphatic carbocycles. The van der Waals surface area contributed by atoms with Crippen LogP contribution in [0.4, 0.5) is 17.1 Å². The van der Waals surface area contributed by atoms with Crippen molar-refractivity contribution in [2.75, 3.05) is 4.90 Å². The van der Waals surface area contributed by atoms with Gasteiger partial charge < -0.3 is 4.90 Å². The van der Waals surface area contributed by atoms with Crippen molar-refractivity contribution in [3.63, 3.8) is 0 Å². The standard InChI is InChI=1S/C48H45N/c1-3-33-11-7-8-14-42(33)43-21-19-40(28-34(43)4-2)49(39-18-17-35-12-5-6-13-36(35)29-39)41-20-22-45-44-15-9-10-16-46(44)48(47(45)30-41)37-24-31-23-32(26-37)27-38(48)25-31/h5-22,28-32,37-38H,3-4,23-27H2,1-2H3. The molecule has 0 saturated heterocycles. The SMILES string of the molecule is CCc1ccccc1-c1ccc(N(c2ccc3c(c2)C2(c4ccccc4-3)C3CC4CC(C3)CC2C4)c2ccc3ccccc3c2)cc1CC. The number of aryl methyl sites for hydroxylation is 2. The summed E-state index contributed by atoms with van der Waals surface area (Å²) in [6, 6.07) is 49.0. The van der Waals surface area contributed by atoms with Gasteiger partial charge in [0.2, 0.25) is 0 Å². The molecule has 0 atom stereocenters. The minimum atomic E-state index is 0.146. The predicted octanol–water partition coefficient (Wildman–Crippen LogP) is 12.8. The van der Waals surface area contributed by atoms with Gasteiger partial charge in [-0.3, -0.25) is 0 Å². The Hall–Kier alpha value is -4.62. The molecule has 0 heterocycles. The molecule has 0 amide bonds. The summed E-state index contributed by atoms with van der Waals surface area (Å²) in [6.07, 6.45) is 9.11. The van der Waals surface area contributed by atoms with E-state index in [0.29, 0.717) is 0 Å². The number of benzene rings is 6. The van der Waals surface area contributed by atoms with Gasteiger partial charge in [0.1, 0.15) is 0 Å². The van der Waals surface area contributed by atoms with Crippen LogP contribution in [-0.2, 0) is 18.3 Å². The van der Waals surface area contributed by atoms with Crippen molar-refractivity contribution in [2.24, 2.45) is 23.7 Å². The Kier molecular flexibility index (Phi) is 6.70. The molecule has 1 spiro atoms. The Morgan fingerprint density at radius 2 is 1.02 bits per heavy atom. The summed E-state index contributed by atoms with van der Waals surface area (Å²) >= 11 is 0. The topological polar surface area (TPSA) is 3.24 Å². The lowest BCUT2D eigenvalue weighted by atomic mass is 9.43. The fourth-order valence-electron chi connectivity index (χ4n) is 11.4. The quantitative estimate of drug-likeness (QED) is 0.176. The normalized spacial score (nSPS) is 24.4. The van der Waals surface area contributed by atoms with Gasteiger partial charge in [0.05, 0.1) is 0 Å². The van der Waals surface area contributed by atoms with Gasteiger partial charge in [-0.2, -0.15) is 0 Å². The van der Waals surface area contributed by atoms with E-state index in [0.717, 1.165) is 36.5 Å². The van der Waals surface area contributed by atoms with Crippen LogP contribution in [0.15, 0.2) is 127 Å². The fraction of sp³-hybridized carbons (Fsp3) is 0.292. The van der Waals surface area contributed by atoms with Crippen molar-refractivity contribution in [1.29, 1.82) is 0 Å². The highest BCUT2D eigenvalue weighted by molar-refractivity contribution is 5.91. The molecule has 0 radical (unpaired) electrons. The molecule has 6 aromatic rings. The van der Waals surface area contributed by atoms with E-state index in [1.807, 2.05) is 0 Å². The van der Waals surface area contributed by atoms with Crippen LogP contribution < -0.4 is 4.90 Å². The Morgan fingerprint density at radius 3 is 1.78 bits per heavy atom. The Morgan fingerprint density at radius 1 is 0.469 bits per heavy atom. The molecule has 1 heteroatoms. The molecule has 242 valence electrons. The van der Waals surface area contributed by atoms with Crippen LogP contribution in [0.5, 0.6) is 0 Å². The summed E-state index contributed by atoms with van der Waals surface area (Å²) in [5.41, 5.74) is 15.6. The van der Waals surface area contributed by atoms with Crippen molar-refractivity contribution < 1.29 is 0 Å². The molecule has 1 nitrogen and oxygen atoms in total. The third-order valence-corrected chi connectivity index (χ3v) is 13.2. The highest BCUT2D eigenvalue weighted by atomic mass is 15.1. The Bertz CT molecular complexity index is 2210. The van der Waals surface area contributed by atoms with Gasteiger partial charge in [-0.25, -0.2) is 0 Å². The molecule has 6 aromatic carbocycles. The van der Waals surface area contributed by atoms with Crippen molar-refractivity contribution in [1.82, 2.24) is 0 Å². The van der Waals surface area contributed by atoms with E-state index in [1.54, 1.807) is 11.1 Å². The molecule has 5 aliphatic rings. The summed E-state index contributed by atoms with van der Waals surface area (Å²) in [5.74, 6) is 3.37. The average molecular weight is 636 g/mol. The average Bonchev–Trinajstić information content (AvgIpc) is 3.43. The number of anilines is 3. The number of nitrogens with zero attached hydrogens (tertiary/aromatic N) is 1. The van der Waals surface area contributed by atoms with E-state index in [2.05, 4.69) is 146 Å². The van der Waals surface area contributed by atoms with Crippen LogP contribution in [0.2, 0.25) is 0 Å². The number of hydrogen-bond acceptors (Lipinski definition) is 1. The Balaban J connectivity index is 1.18. The lowest BCUT2D eigenvalue weighted by molar-refractivity contribution is -0.0399. The second-order valence-corrected chi connectivity index (χ2v) is 15.5. The van der Waals surface area contributed by atoms with Gasteiger partial charge in [-0.1, -0.05) is 105 Å². The largest absolute Gasteiger partial charge is 0.310 e. The van der Waals surface area contributed by atoms with E-state index >= 15 is 0 Å². The van der Waals surface area contributed by atoms with Gasteiger partial charge in [-0.15, -0.1) is 0 Å². The lowest BCUT2D eigenvalue weighted by Crippen LogP contribution is -2.55. The highest BCUT2D eigenvalue weighted by Gasteiger charge is 2.61. The zero-order valence-electron chi connectivity index (χ0n) is 28.8. The summed E-state index contributed by atoms with van der Waals surface area (Å²) < 4.78 is 0. The van der Waals surface area contributed by atoms with Crippen molar-refractivity contribution in [3.05, 3.63) is 150 Å². The first-order valence-electron chi connectivity index (χ1n) is 18.9. The zero-order chi connectivity index (χ0) is 32.7. The minimum Gasteiger partial charge on any atom is -0.310 e. The molecule has 49 heavy (non-hydrogen) atoms. The van der Waals surface area contributed by atoms with Gasteiger partial charge in [0.25, 0.3) is 0 Å². The molecular weight excluding hydrogens is 591 g/mol. The second kappa shape index (κ2) is 11.2. The third kappa shape index (κ3) is 4.30. The minimum absolute atomic E-state index is 0.146. The van der Waals surface area contributed by atoms with Crippen molar-refractivity contribution >= 4 is 27.8 Å². The fourth-order valence-corrected chi connectivity index (χ4v) is 11.4. The molecular formula is C48H45N. The molecule has 4 bridgehead atoms. The Labute approximate surface area is 291 Å². The van der Waals surface area contributed by atoms with Gasteiger partial charge >= 0.3 is 0 Å². The maximum atomic E-state index is 2.64. The molecule has 0 N–H and O–H groups in total. The summed E-state index contributed by atoms with van der Waals surface area (Å²) in [5, 5.41) is 2.56. The van der Waals surface area contributed by atoms with Crippen LogP contribution in [0.3, 0.4) is 0 Å². The molecule has 0 aliphatic heterocycles. The molecule has 0 unspecified atom stereocenters. The first kappa shape index (κ1) is 29.3. The maximum Gasteiger partial charge on any atom is 0.0468 e. The van der Waals surface area contributed by atoms with Gasteiger partial charge in [0, 0.05) is 22.5 Å². The van der Waals surface area contributed by atoms with E-state index in [9.17, 15) is 0 Å². The smallest absolute Gasteiger partial charge is 0.0468 e. The van der Waals surface area contributed by atoms with Crippen LogP contribution in [0, 0.1) is 23.7 Å². The van der Waals surface area contributed by atoms with Gasteiger partial charge in [-0.05, 0) is 160 Å².